The molecule has 25 heavy (non-hydrogen) atoms. The first kappa shape index (κ1) is 18.5. The summed E-state index contributed by atoms with van der Waals surface area (Å²) in [6, 6.07) is 6.71. The zero-order chi connectivity index (χ0) is 18.4. The predicted octanol–water partition coefficient (Wildman–Crippen LogP) is 2.85. The van der Waals surface area contributed by atoms with Crippen molar-refractivity contribution in [2.75, 3.05) is 12.4 Å². The number of hydrogen-bond acceptors (Lipinski definition) is 4. The summed E-state index contributed by atoms with van der Waals surface area (Å²) >= 11 is 0. The number of aryl methyl sites for hydroxylation is 2. The highest BCUT2D eigenvalue weighted by Gasteiger charge is 2.20. The van der Waals surface area contributed by atoms with Crippen LogP contribution < -0.4 is 16.0 Å². The molecule has 3 amide bonds. The zero-order valence-electron chi connectivity index (χ0n) is 15.0. The quantitative estimate of drug-likeness (QED) is 0.751. The summed E-state index contributed by atoms with van der Waals surface area (Å²) in [5.41, 5.74) is 3.24. The van der Waals surface area contributed by atoms with Crippen molar-refractivity contribution in [1.82, 2.24) is 15.8 Å². The normalized spacial score (nSPS) is 11.7. The van der Waals surface area contributed by atoms with Crippen LogP contribution >= 0.6 is 0 Å². The van der Waals surface area contributed by atoms with Gasteiger partial charge in [-0.15, -0.1) is 0 Å². The number of carbonyl (C=O) groups is 2. The number of rotatable bonds is 6. The number of carbonyl (C=O) groups excluding carboxylic acids is 2. The van der Waals surface area contributed by atoms with E-state index in [4.69, 9.17) is 4.52 Å². The molecule has 3 N–H and O–H groups in total. The van der Waals surface area contributed by atoms with Gasteiger partial charge < -0.3 is 20.5 Å². The van der Waals surface area contributed by atoms with Crippen LogP contribution in [0.5, 0.6) is 0 Å². The molecule has 2 aromatic rings. The lowest BCUT2D eigenvalue weighted by molar-refractivity contribution is -0.119. The number of likely N-dealkylation sites (N-methyl/N-ethyl adjacent to an activating group) is 1. The third-order valence-electron chi connectivity index (χ3n) is 4.01. The van der Waals surface area contributed by atoms with Crippen LogP contribution in [0.4, 0.5) is 10.5 Å². The van der Waals surface area contributed by atoms with E-state index in [0.717, 1.165) is 23.2 Å². The van der Waals surface area contributed by atoms with Gasteiger partial charge in [-0.2, -0.15) is 0 Å². The molecule has 1 aromatic heterocycles. The lowest BCUT2D eigenvalue weighted by Gasteiger charge is -2.17. The summed E-state index contributed by atoms with van der Waals surface area (Å²) in [6.07, 6.45) is 1.04. The van der Waals surface area contributed by atoms with Crippen molar-refractivity contribution in [2.45, 2.75) is 39.7 Å². The second kappa shape index (κ2) is 8.32. The van der Waals surface area contributed by atoms with Crippen molar-refractivity contribution in [3.05, 3.63) is 46.8 Å². The summed E-state index contributed by atoms with van der Waals surface area (Å²) in [5.74, 6) is 0.659. The Hall–Kier alpha value is -2.83. The summed E-state index contributed by atoms with van der Waals surface area (Å²) < 4.78 is 5.18. The fourth-order valence-electron chi connectivity index (χ4n) is 2.67. The highest BCUT2D eigenvalue weighted by Crippen LogP contribution is 2.24. The summed E-state index contributed by atoms with van der Waals surface area (Å²) in [7, 11) is 1.60. The van der Waals surface area contributed by atoms with Gasteiger partial charge in [0.2, 0.25) is 5.91 Å². The van der Waals surface area contributed by atoms with E-state index in [1.807, 2.05) is 32.9 Å². The Kier molecular flexibility index (Phi) is 6.16. The number of benzene rings is 1. The summed E-state index contributed by atoms with van der Waals surface area (Å²) in [6.45, 7) is 5.69. The zero-order valence-corrected chi connectivity index (χ0v) is 15.0. The van der Waals surface area contributed by atoms with E-state index >= 15 is 0 Å². The number of amides is 3. The van der Waals surface area contributed by atoms with Crippen LogP contribution in [0.3, 0.4) is 0 Å². The van der Waals surface area contributed by atoms with Crippen LogP contribution in [0.2, 0.25) is 0 Å². The maximum Gasteiger partial charge on any atom is 0.319 e. The van der Waals surface area contributed by atoms with E-state index in [9.17, 15) is 9.59 Å². The minimum atomic E-state index is -0.300. The first-order chi connectivity index (χ1) is 11.9. The molecule has 7 nitrogen and oxygen atoms in total. The third kappa shape index (κ3) is 4.82. The van der Waals surface area contributed by atoms with Gasteiger partial charge in [-0.05, 0) is 38.0 Å². The Morgan fingerprint density at radius 2 is 1.88 bits per heavy atom. The smallest absolute Gasteiger partial charge is 0.319 e. The molecule has 1 heterocycles. The second-order valence-electron chi connectivity index (χ2n) is 5.84. The molecule has 0 aliphatic carbocycles. The number of nitrogens with zero attached hydrogens (tertiary/aromatic N) is 1. The van der Waals surface area contributed by atoms with Crippen LogP contribution in [0, 0.1) is 13.8 Å². The average molecular weight is 344 g/mol. The van der Waals surface area contributed by atoms with Gasteiger partial charge in [-0.25, -0.2) is 4.79 Å². The molecular weight excluding hydrogens is 320 g/mol. The SMILES string of the molecule is CC[C@H](NC(=O)Nc1ccc(CC(=O)NC)cc1)c1c(C)noc1C. The van der Waals surface area contributed by atoms with E-state index in [1.165, 1.54) is 0 Å². The van der Waals surface area contributed by atoms with Gasteiger partial charge in [0.25, 0.3) is 0 Å². The van der Waals surface area contributed by atoms with Crippen molar-refractivity contribution in [3.63, 3.8) is 0 Å². The molecule has 7 heteroatoms. The highest BCUT2D eigenvalue weighted by molar-refractivity contribution is 5.89. The van der Waals surface area contributed by atoms with Gasteiger partial charge in [-0.1, -0.05) is 24.2 Å². The molecule has 134 valence electrons. The third-order valence-corrected chi connectivity index (χ3v) is 4.01. The number of hydrogen-bond donors (Lipinski definition) is 3. The van der Waals surface area contributed by atoms with Gasteiger partial charge in [-0.3, -0.25) is 4.79 Å². The van der Waals surface area contributed by atoms with Crippen LogP contribution in [-0.2, 0) is 11.2 Å². The van der Waals surface area contributed by atoms with Gasteiger partial charge in [0, 0.05) is 18.3 Å². The molecule has 0 aliphatic rings. The molecule has 0 spiro atoms. The maximum absolute atomic E-state index is 12.3. The van der Waals surface area contributed by atoms with Crippen molar-refractivity contribution in [2.24, 2.45) is 0 Å². The lowest BCUT2D eigenvalue weighted by atomic mass is 10.0. The van der Waals surface area contributed by atoms with Crippen LogP contribution in [0.15, 0.2) is 28.8 Å². The van der Waals surface area contributed by atoms with Crippen LogP contribution in [0.25, 0.3) is 0 Å². The van der Waals surface area contributed by atoms with Crippen molar-refractivity contribution < 1.29 is 14.1 Å². The van der Waals surface area contributed by atoms with E-state index in [-0.39, 0.29) is 18.0 Å². The number of anilines is 1. The van der Waals surface area contributed by atoms with Crippen LogP contribution in [-0.4, -0.2) is 24.1 Å². The van der Waals surface area contributed by atoms with Gasteiger partial charge in [0.05, 0.1) is 18.2 Å². The molecule has 0 radical (unpaired) electrons. The topological polar surface area (TPSA) is 96.3 Å². The predicted molar refractivity (Wildman–Crippen MR) is 95.4 cm³/mol. The van der Waals surface area contributed by atoms with E-state index in [1.54, 1.807) is 19.2 Å². The van der Waals surface area contributed by atoms with Crippen LogP contribution in [0.1, 0.15) is 42.0 Å². The monoisotopic (exact) mass is 344 g/mol. The molecule has 1 atom stereocenters. The van der Waals surface area contributed by atoms with Crippen molar-refractivity contribution >= 4 is 17.6 Å². The second-order valence-corrected chi connectivity index (χ2v) is 5.84. The largest absolute Gasteiger partial charge is 0.361 e. The van der Waals surface area contributed by atoms with Gasteiger partial charge in [0.1, 0.15) is 5.76 Å². The summed E-state index contributed by atoms with van der Waals surface area (Å²) in [4.78, 5) is 23.6. The minimum absolute atomic E-state index is 0.0521. The molecular formula is C18H24N4O3. The standard InChI is InChI=1S/C18H24N4O3/c1-5-15(17-11(2)22-25-12(17)3)21-18(24)20-14-8-6-13(7-9-14)10-16(23)19-4/h6-9,15H,5,10H2,1-4H3,(H,19,23)(H2,20,21,24)/t15-/m0/s1. The van der Waals surface area contributed by atoms with E-state index < -0.39 is 0 Å². The summed E-state index contributed by atoms with van der Waals surface area (Å²) in [5, 5.41) is 12.3. The Labute approximate surface area is 147 Å². The molecule has 0 bridgehead atoms. The number of nitrogens with one attached hydrogen (secondary N) is 3. The first-order valence-electron chi connectivity index (χ1n) is 8.24. The van der Waals surface area contributed by atoms with E-state index in [2.05, 4.69) is 21.1 Å². The molecule has 0 aliphatic heterocycles. The first-order valence-corrected chi connectivity index (χ1v) is 8.24. The Balaban J connectivity index is 1.98. The molecule has 0 fully saturated rings. The highest BCUT2D eigenvalue weighted by atomic mass is 16.5. The minimum Gasteiger partial charge on any atom is -0.361 e. The van der Waals surface area contributed by atoms with E-state index in [0.29, 0.717) is 17.9 Å². The fourth-order valence-corrected chi connectivity index (χ4v) is 2.67. The molecule has 0 saturated heterocycles. The Morgan fingerprint density at radius 3 is 2.40 bits per heavy atom. The number of aromatic nitrogens is 1. The van der Waals surface area contributed by atoms with Crippen molar-refractivity contribution in [1.29, 1.82) is 0 Å². The van der Waals surface area contributed by atoms with Gasteiger partial charge in [0.15, 0.2) is 0 Å². The Morgan fingerprint density at radius 1 is 1.20 bits per heavy atom. The fraction of sp³-hybridized carbons (Fsp3) is 0.389. The number of urea groups is 1. The van der Waals surface area contributed by atoms with Crippen molar-refractivity contribution in [3.8, 4) is 0 Å². The lowest BCUT2D eigenvalue weighted by Crippen LogP contribution is -2.32. The molecule has 0 unspecified atom stereocenters. The Bertz CT molecular complexity index is 718. The van der Waals surface area contributed by atoms with Gasteiger partial charge >= 0.3 is 6.03 Å². The molecule has 0 saturated carbocycles. The maximum atomic E-state index is 12.3. The molecule has 2 rings (SSSR count). The average Bonchev–Trinajstić information content (AvgIpc) is 2.93. The molecule has 1 aromatic carbocycles.